The van der Waals surface area contributed by atoms with Crippen molar-refractivity contribution >= 4 is 21.8 Å². The normalized spacial score (nSPS) is 24.3. The van der Waals surface area contributed by atoms with Crippen LogP contribution in [0, 0.1) is 0 Å². The van der Waals surface area contributed by atoms with E-state index in [1.807, 2.05) is 30.3 Å². The average Bonchev–Trinajstić information content (AvgIpc) is 2.33. The van der Waals surface area contributed by atoms with Gasteiger partial charge < -0.3 is 5.32 Å². The van der Waals surface area contributed by atoms with Crippen LogP contribution in [0.5, 0.6) is 0 Å². The Hall–Kier alpha value is -0.830. The van der Waals surface area contributed by atoms with Crippen molar-refractivity contribution in [2.45, 2.75) is 43.0 Å². The SMILES string of the molecule is O=C(Cc1ccccc1)NC1CCCC[C@@H]1Br. The van der Waals surface area contributed by atoms with Crippen molar-refractivity contribution in [1.29, 1.82) is 0 Å². The number of carbonyl (C=O) groups excluding carboxylic acids is 1. The van der Waals surface area contributed by atoms with Crippen LogP contribution in [0.3, 0.4) is 0 Å². The summed E-state index contributed by atoms with van der Waals surface area (Å²) in [6.07, 6.45) is 5.23. The topological polar surface area (TPSA) is 29.1 Å². The van der Waals surface area contributed by atoms with Gasteiger partial charge in [-0.25, -0.2) is 0 Å². The molecule has 1 amide bonds. The Morgan fingerprint density at radius 2 is 1.94 bits per heavy atom. The number of rotatable bonds is 3. The molecule has 0 spiro atoms. The lowest BCUT2D eigenvalue weighted by Gasteiger charge is -2.28. The van der Waals surface area contributed by atoms with Crippen molar-refractivity contribution in [1.82, 2.24) is 5.32 Å². The van der Waals surface area contributed by atoms with E-state index in [1.54, 1.807) is 0 Å². The monoisotopic (exact) mass is 295 g/mol. The van der Waals surface area contributed by atoms with E-state index in [1.165, 1.54) is 12.8 Å². The molecule has 1 N–H and O–H groups in total. The molecule has 2 atom stereocenters. The lowest BCUT2D eigenvalue weighted by atomic mass is 9.95. The Morgan fingerprint density at radius 3 is 2.65 bits per heavy atom. The first kappa shape index (κ1) is 12.6. The van der Waals surface area contributed by atoms with Crippen molar-refractivity contribution in [3.63, 3.8) is 0 Å². The number of amides is 1. The molecule has 1 aromatic rings. The second-order valence-corrected chi connectivity index (χ2v) is 5.81. The van der Waals surface area contributed by atoms with E-state index < -0.39 is 0 Å². The van der Waals surface area contributed by atoms with Gasteiger partial charge in [-0.2, -0.15) is 0 Å². The fourth-order valence-electron chi connectivity index (χ4n) is 2.29. The molecule has 2 nitrogen and oxygen atoms in total. The minimum atomic E-state index is 0.132. The summed E-state index contributed by atoms with van der Waals surface area (Å²) in [4.78, 5) is 12.3. The highest BCUT2D eigenvalue weighted by molar-refractivity contribution is 9.09. The van der Waals surface area contributed by atoms with Crippen LogP contribution in [-0.2, 0) is 11.2 Å². The summed E-state index contributed by atoms with van der Waals surface area (Å²) >= 11 is 3.65. The standard InChI is InChI=1S/C14H18BrNO/c15-12-8-4-5-9-13(12)16-14(17)10-11-6-2-1-3-7-11/h1-3,6-7,12-13H,4-5,8-10H2,(H,16,17)/t12-,13?/m0/s1. The Kier molecular flexibility index (Phi) is 4.60. The van der Waals surface area contributed by atoms with Gasteiger partial charge in [0.25, 0.3) is 0 Å². The minimum Gasteiger partial charge on any atom is -0.352 e. The maximum Gasteiger partial charge on any atom is 0.224 e. The van der Waals surface area contributed by atoms with Gasteiger partial charge in [-0.3, -0.25) is 4.79 Å². The van der Waals surface area contributed by atoms with Crippen molar-refractivity contribution in [3.05, 3.63) is 35.9 Å². The molecule has 1 fully saturated rings. The molecule has 0 aromatic heterocycles. The van der Waals surface area contributed by atoms with E-state index in [9.17, 15) is 4.79 Å². The summed E-state index contributed by atoms with van der Waals surface area (Å²) in [6.45, 7) is 0. The molecule has 0 radical (unpaired) electrons. The molecule has 1 aromatic carbocycles. The van der Waals surface area contributed by atoms with E-state index in [0.29, 0.717) is 17.3 Å². The van der Waals surface area contributed by atoms with Gasteiger partial charge in [0.05, 0.1) is 6.42 Å². The molecule has 0 saturated heterocycles. The fraction of sp³-hybridized carbons (Fsp3) is 0.500. The maximum absolute atomic E-state index is 11.9. The maximum atomic E-state index is 11.9. The molecule has 0 aliphatic heterocycles. The minimum absolute atomic E-state index is 0.132. The van der Waals surface area contributed by atoms with Crippen LogP contribution in [0.15, 0.2) is 30.3 Å². The van der Waals surface area contributed by atoms with Crippen molar-refractivity contribution < 1.29 is 4.79 Å². The van der Waals surface area contributed by atoms with Gasteiger partial charge in [0, 0.05) is 10.9 Å². The number of alkyl halides is 1. The summed E-state index contributed by atoms with van der Waals surface area (Å²) < 4.78 is 0. The first-order chi connectivity index (χ1) is 8.25. The fourth-order valence-corrected chi connectivity index (χ4v) is 3.01. The van der Waals surface area contributed by atoms with Crippen LogP contribution in [0.1, 0.15) is 31.2 Å². The molecule has 3 heteroatoms. The number of halogens is 1. The quantitative estimate of drug-likeness (QED) is 0.853. The van der Waals surface area contributed by atoms with E-state index in [0.717, 1.165) is 18.4 Å². The Bertz CT molecular complexity index is 366. The van der Waals surface area contributed by atoms with Gasteiger partial charge in [0.15, 0.2) is 0 Å². The third kappa shape index (κ3) is 3.84. The van der Waals surface area contributed by atoms with Crippen LogP contribution < -0.4 is 5.32 Å². The molecule has 92 valence electrons. The lowest BCUT2D eigenvalue weighted by Crippen LogP contribution is -2.43. The van der Waals surface area contributed by atoms with Crippen LogP contribution in [-0.4, -0.2) is 16.8 Å². The van der Waals surface area contributed by atoms with Crippen molar-refractivity contribution in [3.8, 4) is 0 Å². The van der Waals surface area contributed by atoms with Crippen molar-refractivity contribution in [2.24, 2.45) is 0 Å². The van der Waals surface area contributed by atoms with Crippen LogP contribution >= 0.6 is 15.9 Å². The summed E-state index contributed by atoms with van der Waals surface area (Å²) in [5.74, 6) is 0.132. The number of hydrogen-bond acceptors (Lipinski definition) is 1. The highest BCUT2D eigenvalue weighted by Gasteiger charge is 2.23. The van der Waals surface area contributed by atoms with Crippen molar-refractivity contribution in [2.75, 3.05) is 0 Å². The van der Waals surface area contributed by atoms with E-state index in [-0.39, 0.29) is 5.91 Å². The van der Waals surface area contributed by atoms with Gasteiger partial charge in [-0.1, -0.05) is 59.1 Å². The van der Waals surface area contributed by atoms with E-state index in [4.69, 9.17) is 0 Å². The molecule has 1 saturated carbocycles. The van der Waals surface area contributed by atoms with Gasteiger partial charge in [0.2, 0.25) is 5.91 Å². The second-order valence-electron chi connectivity index (χ2n) is 4.64. The van der Waals surface area contributed by atoms with Gasteiger partial charge >= 0.3 is 0 Å². The molecule has 1 aliphatic rings. The zero-order chi connectivity index (χ0) is 12.1. The third-order valence-electron chi connectivity index (χ3n) is 3.24. The predicted octanol–water partition coefficient (Wildman–Crippen LogP) is 3.05. The molecule has 2 rings (SSSR count). The van der Waals surface area contributed by atoms with Gasteiger partial charge in [-0.05, 0) is 18.4 Å². The third-order valence-corrected chi connectivity index (χ3v) is 4.33. The molecule has 1 aliphatic carbocycles. The molecular formula is C14H18BrNO. The van der Waals surface area contributed by atoms with Crippen LogP contribution in [0.25, 0.3) is 0 Å². The van der Waals surface area contributed by atoms with Crippen LogP contribution in [0.4, 0.5) is 0 Å². The summed E-state index contributed by atoms with van der Waals surface area (Å²) in [5.41, 5.74) is 1.08. The summed E-state index contributed by atoms with van der Waals surface area (Å²) in [6, 6.07) is 10.2. The highest BCUT2D eigenvalue weighted by atomic mass is 79.9. The van der Waals surface area contributed by atoms with E-state index >= 15 is 0 Å². The summed E-state index contributed by atoms with van der Waals surface area (Å²) in [7, 11) is 0. The van der Waals surface area contributed by atoms with Crippen LogP contribution in [0.2, 0.25) is 0 Å². The van der Waals surface area contributed by atoms with Gasteiger partial charge in [-0.15, -0.1) is 0 Å². The molecule has 17 heavy (non-hydrogen) atoms. The number of hydrogen-bond donors (Lipinski definition) is 1. The molecule has 1 unspecified atom stereocenters. The molecule has 0 heterocycles. The second kappa shape index (κ2) is 6.20. The van der Waals surface area contributed by atoms with Gasteiger partial charge in [0.1, 0.15) is 0 Å². The first-order valence-electron chi connectivity index (χ1n) is 6.23. The predicted molar refractivity (Wildman–Crippen MR) is 73.3 cm³/mol. The highest BCUT2D eigenvalue weighted by Crippen LogP contribution is 2.24. The number of nitrogens with one attached hydrogen (secondary N) is 1. The average molecular weight is 296 g/mol. The zero-order valence-corrected chi connectivity index (χ0v) is 11.4. The lowest BCUT2D eigenvalue weighted by molar-refractivity contribution is -0.121. The van der Waals surface area contributed by atoms with E-state index in [2.05, 4.69) is 21.2 Å². The Labute approximate surface area is 111 Å². The largest absolute Gasteiger partial charge is 0.352 e. The smallest absolute Gasteiger partial charge is 0.224 e. The Morgan fingerprint density at radius 1 is 1.24 bits per heavy atom. The molecular weight excluding hydrogens is 278 g/mol. The Balaban J connectivity index is 1.84. The number of benzene rings is 1. The zero-order valence-electron chi connectivity index (χ0n) is 9.86. The first-order valence-corrected chi connectivity index (χ1v) is 7.14. The molecule has 0 bridgehead atoms. The summed E-state index contributed by atoms with van der Waals surface area (Å²) in [5, 5.41) is 3.13. The number of carbonyl (C=O) groups is 1.